The molecule has 0 aromatic carbocycles. The Balaban J connectivity index is 2.55. The lowest BCUT2D eigenvalue weighted by Crippen LogP contribution is -2.65. The Hall–Kier alpha value is -2.89. The first-order valence-corrected chi connectivity index (χ1v) is 11.5. The Kier molecular flexibility index (Phi) is 10.9. The summed E-state index contributed by atoms with van der Waals surface area (Å²) >= 11 is 0. The van der Waals surface area contributed by atoms with E-state index in [1.165, 1.54) is 0 Å². The van der Waals surface area contributed by atoms with Crippen molar-refractivity contribution in [2.45, 2.75) is 89.4 Å². The molecule has 0 unspecified atom stereocenters. The Labute approximate surface area is 216 Å². The van der Waals surface area contributed by atoms with Crippen LogP contribution < -0.4 is 0 Å². The first-order valence-electron chi connectivity index (χ1n) is 11.5. The highest BCUT2D eigenvalue weighted by Crippen LogP contribution is 2.40. The lowest BCUT2D eigenvalue weighted by molar-refractivity contribution is -0.384. The summed E-state index contributed by atoms with van der Waals surface area (Å²) < 4.78 is 42.9. The van der Waals surface area contributed by atoms with Crippen molar-refractivity contribution in [3.63, 3.8) is 0 Å². The van der Waals surface area contributed by atoms with Crippen LogP contribution in [-0.4, -0.2) is 120 Å². The van der Waals surface area contributed by atoms with E-state index in [4.69, 9.17) is 37.9 Å². The Morgan fingerprint density at radius 2 is 1.26 bits per heavy atom. The van der Waals surface area contributed by atoms with Crippen LogP contribution in [0.5, 0.6) is 0 Å². The number of ether oxygens (including phenoxy) is 8. The highest BCUT2D eigenvalue weighted by atomic mass is 16.8. The molecule has 2 heterocycles. The lowest BCUT2D eigenvalue weighted by Gasteiger charge is -2.45. The van der Waals surface area contributed by atoms with Gasteiger partial charge in [-0.3, -0.25) is 24.0 Å². The van der Waals surface area contributed by atoms with Crippen molar-refractivity contribution in [1.29, 1.82) is 0 Å². The fraction of sp³-hybridized carbons (Fsp3) is 0.773. The summed E-state index contributed by atoms with van der Waals surface area (Å²) in [5.41, 5.74) is 0. The third-order valence-electron chi connectivity index (χ3n) is 5.43. The second-order valence-electron chi connectivity index (χ2n) is 8.51. The summed E-state index contributed by atoms with van der Waals surface area (Å²) in [4.78, 5) is 58.6. The quantitative estimate of drug-likeness (QED) is 0.188. The van der Waals surface area contributed by atoms with Crippen LogP contribution in [0.1, 0.15) is 34.6 Å². The van der Waals surface area contributed by atoms with Gasteiger partial charge in [0.05, 0.1) is 6.61 Å². The van der Waals surface area contributed by atoms with Crippen LogP contribution in [0.3, 0.4) is 0 Å². The summed E-state index contributed by atoms with van der Waals surface area (Å²) in [7, 11) is 0. The van der Waals surface area contributed by atoms with Gasteiger partial charge in [0, 0.05) is 34.6 Å². The van der Waals surface area contributed by atoms with E-state index in [0.717, 1.165) is 34.6 Å². The Morgan fingerprint density at radius 3 is 1.74 bits per heavy atom. The number of hydrogen-bond donors (Lipinski definition) is 3. The summed E-state index contributed by atoms with van der Waals surface area (Å²) in [5.74, 6) is -6.67. The minimum absolute atomic E-state index is 0.559. The molecule has 0 amide bonds. The predicted octanol–water partition coefficient (Wildman–Crippen LogP) is -2.54. The number of carbonyl (C=O) groups excluding carboxylic acids is 5. The molecule has 0 aromatic heterocycles. The fourth-order valence-electron chi connectivity index (χ4n) is 4.06. The van der Waals surface area contributed by atoms with Crippen LogP contribution in [0.2, 0.25) is 0 Å². The van der Waals surface area contributed by atoms with E-state index in [9.17, 15) is 39.3 Å². The second kappa shape index (κ2) is 13.3. The van der Waals surface area contributed by atoms with E-state index in [2.05, 4.69) is 0 Å². The van der Waals surface area contributed by atoms with Gasteiger partial charge in [0.25, 0.3) is 0 Å². The number of rotatable bonds is 10. The summed E-state index contributed by atoms with van der Waals surface area (Å²) in [6.45, 7) is 2.76. The van der Waals surface area contributed by atoms with Crippen LogP contribution in [0.15, 0.2) is 0 Å². The van der Waals surface area contributed by atoms with Crippen molar-refractivity contribution in [2.75, 3.05) is 19.8 Å². The lowest BCUT2D eigenvalue weighted by atomic mass is 9.98. The van der Waals surface area contributed by atoms with E-state index in [1.807, 2.05) is 0 Å². The average molecular weight is 552 g/mol. The van der Waals surface area contributed by atoms with Gasteiger partial charge < -0.3 is 53.2 Å². The van der Waals surface area contributed by atoms with Gasteiger partial charge in [-0.2, -0.15) is 0 Å². The van der Waals surface area contributed by atoms with Gasteiger partial charge in [-0.1, -0.05) is 0 Å². The molecule has 0 aromatic rings. The van der Waals surface area contributed by atoms with Crippen LogP contribution in [0, 0.1) is 0 Å². The summed E-state index contributed by atoms with van der Waals surface area (Å²) in [6, 6.07) is 0. The molecule has 0 aliphatic carbocycles. The molecule has 216 valence electrons. The third-order valence-corrected chi connectivity index (χ3v) is 5.43. The molecule has 2 saturated heterocycles. The van der Waals surface area contributed by atoms with Crippen molar-refractivity contribution < 1.29 is 77.2 Å². The van der Waals surface area contributed by atoms with Crippen LogP contribution in [0.4, 0.5) is 0 Å². The molecule has 2 fully saturated rings. The van der Waals surface area contributed by atoms with Crippen LogP contribution in [0.25, 0.3) is 0 Å². The molecule has 38 heavy (non-hydrogen) atoms. The maximum atomic E-state index is 11.9. The molecular formula is C22H32O16. The monoisotopic (exact) mass is 552 g/mol. The van der Waals surface area contributed by atoms with Gasteiger partial charge in [0.15, 0.2) is 24.4 Å². The Bertz CT molecular complexity index is 891. The second-order valence-corrected chi connectivity index (χ2v) is 8.51. The number of aliphatic hydroxyl groups is 3. The molecule has 2 rings (SSSR count). The standard InChI is InChI=1S/C22H32O16/c1-9(25)31-7-15-16(30)18(33-11(3)27)19(34-12(4)28)21(36-15)38-22(8-24)20(35-13(5)29)17(32-10(2)26)14(6-23)37-22/h14-21,23-24,30H,6-8H2,1-5H3/t14-,15-,16+,17+,18-,19-,20+,21-,22+/m0/s1. The molecule has 16 nitrogen and oxygen atoms in total. The fourth-order valence-corrected chi connectivity index (χ4v) is 4.06. The van der Waals surface area contributed by atoms with E-state index in [0.29, 0.717) is 0 Å². The third kappa shape index (κ3) is 7.58. The van der Waals surface area contributed by atoms with Crippen molar-refractivity contribution in [2.24, 2.45) is 0 Å². The maximum Gasteiger partial charge on any atom is 0.303 e. The van der Waals surface area contributed by atoms with Crippen molar-refractivity contribution >= 4 is 29.8 Å². The SMILES string of the molecule is CC(=O)OC[C@@H]1O[C@@H](O[C@@]2(CO)O[C@@H](CO)[C@@H](OC(C)=O)[C@H]2OC(C)=O)[C@@H](OC(C)=O)[C@@H](OC(C)=O)[C@@H]1O. The molecule has 2 aliphatic heterocycles. The molecule has 0 spiro atoms. The van der Waals surface area contributed by atoms with Crippen molar-refractivity contribution in [3.8, 4) is 0 Å². The number of hydrogen-bond acceptors (Lipinski definition) is 16. The van der Waals surface area contributed by atoms with E-state index >= 15 is 0 Å². The number of esters is 5. The van der Waals surface area contributed by atoms with Gasteiger partial charge in [-0.15, -0.1) is 0 Å². The Morgan fingerprint density at radius 1 is 0.737 bits per heavy atom. The van der Waals surface area contributed by atoms with Gasteiger partial charge in [0.2, 0.25) is 12.1 Å². The number of carbonyl (C=O) groups is 5. The average Bonchev–Trinajstić information content (AvgIpc) is 3.08. The van der Waals surface area contributed by atoms with E-state index < -0.39 is 104 Å². The largest absolute Gasteiger partial charge is 0.463 e. The molecule has 2 aliphatic rings. The predicted molar refractivity (Wildman–Crippen MR) is 116 cm³/mol. The van der Waals surface area contributed by atoms with Gasteiger partial charge in [-0.25, -0.2) is 0 Å². The maximum absolute atomic E-state index is 11.9. The van der Waals surface area contributed by atoms with Crippen LogP contribution >= 0.6 is 0 Å². The molecule has 16 heteroatoms. The minimum Gasteiger partial charge on any atom is -0.463 e. The normalized spacial score (nSPS) is 34.6. The minimum atomic E-state index is -2.39. The van der Waals surface area contributed by atoms with Gasteiger partial charge in [0.1, 0.15) is 31.5 Å². The highest BCUT2D eigenvalue weighted by molar-refractivity contribution is 5.68. The topological polar surface area (TPSA) is 220 Å². The molecule has 0 bridgehead atoms. The molecule has 3 N–H and O–H groups in total. The number of aliphatic hydroxyl groups excluding tert-OH is 3. The van der Waals surface area contributed by atoms with Crippen LogP contribution in [-0.2, 0) is 61.9 Å². The highest BCUT2D eigenvalue weighted by Gasteiger charge is 2.63. The zero-order valence-electron chi connectivity index (χ0n) is 21.4. The smallest absolute Gasteiger partial charge is 0.303 e. The summed E-state index contributed by atoms with van der Waals surface area (Å²) in [5, 5.41) is 30.9. The van der Waals surface area contributed by atoms with E-state index in [1.54, 1.807) is 0 Å². The van der Waals surface area contributed by atoms with Gasteiger partial charge in [-0.05, 0) is 0 Å². The molecular weight excluding hydrogens is 520 g/mol. The first kappa shape index (κ1) is 31.3. The zero-order chi connectivity index (χ0) is 28.8. The molecule has 0 saturated carbocycles. The zero-order valence-corrected chi connectivity index (χ0v) is 21.4. The van der Waals surface area contributed by atoms with Crippen molar-refractivity contribution in [3.05, 3.63) is 0 Å². The van der Waals surface area contributed by atoms with Crippen molar-refractivity contribution in [1.82, 2.24) is 0 Å². The van der Waals surface area contributed by atoms with E-state index in [-0.39, 0.29) is 0 Å². The molecule has 9 atom stereocenters. The van der Waals surface area contributed by atoms with Gasteiger partial charge >= 0.3 is 29.8 Å². The molecule has 0 radical (unpaired) electrons. The first-order chi connectivity index (χ1) is 17.7. The summed E-state index contributed by atoms with van der Waals surface area (Å²) in [6.07, 6.45) is -12.8.